The highest BCUT2D eigenvalue weighted by atomic mass is 19.3. The number of halogens is 5. The number of aromatic nitrogens is 7. The van der Waals surface area contributed by atoms with Gasteiger partial charge in [-0.05, 0) is 56.5 Å². The minimum atomic E-state index is -2.47. The zero-order valence-electron chi connectivity index (χ0n) is 33.1. The van der Waals surface area contributed by atoms with Gasteiger partial charge in [-0.1, -0.05) is 6.07 Å². The predicted molar refractivity (Wildman–Crippen MR) is 215 cm³/mol. The molecule has 5 atom stereocenters. The van der Waals surface area contributed by atoms with Crippen molar-refractivity contribution in [1.29, 1.82) is 0 Å². The predicted octanol–water partition coefficient (Wildman–Crippen LogP) is 5.17. The number of amides is 1. The second-order valence-corrected chi connectivity index (χ2v) is 16.7. The first-order chi connectivity index (χ1) is 29.5. The van der Waals surface area contributed by atoms with E-state index in [2.05, 4.69) is 10.4 Å². The molecule has 4 fully saturated rings. The van der Waals surface area contributed by atoms with Crippen molar-refractivity contribution in [1.82, 2.24) is 44.1 Å². The first-order valence-corrected chi connectivity index (χ1v) is 20.6. The van der Waals surface area contributed by atoms with Crippen LogP contribution >= 0.6 is 0 Å². The SMILES string of the molecule is Cc1nc2cc(F)cc3c2n1C[C@H]1CN(CCCO1)C(=O)[C@@H]1C[C@@H](CN1c1nc(N2C4CC2CN(CC(F)F)C4)nc2c1cnn2-c1ccc(F)cc1F)Nc1cccc-3n1. The van der Waals surface area contributed by atoms with Crippen molar-refractivity contribution in [2.24, 2.45) is 0 Å². The van der Waals surface area contributed by atoms with Crippen LogP contribution in [0.3, 0.4) is 0 Å². The lowest BCUT2D eigenvalue weighted by molar-refractivity contribution is -0.133. The Labute approximate surface area is 345 Å². The van der Waals surface area contributed by atoms with Crippen molar-refractivity contribution in [3.05, 3.63) is 78.0 Å². The summed E-state index contributed by atoms with van der Waals surface area (Å²) in [7, 11) is 0. The quantitative estimate of drug-likeness (QED) is 0.231. The number of pyridine rings is 1. The Kier molecular flexibility index (Phi) is 9.10. The van der Waals surface area contributed by atoms with Gasteiger partial charge in [-0.2, -0.15) is 15.1 Å². The topological polar surface area (TPSA) is 126 Å². The summed E-state index contributed by atoms with van der Waals surface area (Å²) >= 11 is 0. The molecule has 1 N–H and O–H groups in total. The van der Waals surface area contributed by atoms with Crippen molar-refractivity contribution >= 4 is 45.6 Å². The number of alkyl halides is 2. The minimum absolute atomic E-state index is 0.0256. The van der Waals surface area contributed by atoms with Crippen LogP contribution in [0, 0.1) is 24.4 Å². The summed E-state index contributed by atoms with van der Waals surface area (Å²) in [6.07, 6.45) is 0.393. The summed E-state index contributed by atoms with van der Waals surface area (Å²) in [5, 5.41) is 8.54. The highest BCUT2D eigenvalue weighted by Crippen LogP contribution is 2.40. The Hall–Kier alpha value is -5.95. The second-order valence-electron chi connectivity index (χ2n) is 16.7. The third-order valence-electron chi connectivity index (χ3n) is 12.7. The van der Waals surface area contributed by atoms with Gasteiger partial charge in [0, 0.05) is 75.2 Å². The van der Waals surface area contributed by atoms with Gasteiger partial charge in [0.2, 0.25) is 11.9 Å². The maximum Gasteiger partial charge on any atom is 0.251 e. The number of rotatable bonds is 5. The maximum absolute atomic E-state index is 15.4. The number of anilines is 3. The van der Waals surface area contributed by atoms with Gasteiger partial charge in [0.1, 0.15) is 40.8 Å². The Morgan fingerprint density at radius 2 is 1.77 bits per heavy atom. The van der Waals surface area contributed by atoms with E-state index < -0.39 is 36.0 Å². The van der Waals surface area contributed by atoms with Gasteiger partial charge in [-0.15, -0.1) is 0 Å². The first-order valence-electron chi connectivity index (χ1n) is 20.6. The number of imidazole rings is 1. The second kappa shape index (κ2) is 14.6. The molecule has 316 valence electrons. The molecule has 5 aliphatic rings. The summed E-state index contributed by atoms with van der Waals surface area (Å²) in [6, 6.07) is 10.3. The standard InChI is InChI=1S/C42H41F5N12O2/c1-22-49-33-12-24(44)10-29-32-4-2-5-37(51-32)50-25-13-35(41(60)55-8-3-9-61-28(19-55)20-56(22)38(29)33)57(16-25)39-30-15-48-59(34-7-6-23(43)11-31(34)45)40(30)53-42(52-39)58-26-14-27(58)18-54(17-26)21-36(46)47/h2,4-7,10-12,15,25-28,35-36H,3,8-9,13-14,16-21H2,1H3,(H,50,51)/t25-,26?,27?,28+,35-/m0/s1. The van der Waals surface area contributed by atoms with Crippen molar-refractivity contribution < 1.29 is 31.5 Å². The summed E-state index contributed by atoms with van der Waals surface area (Å²) < 4.78 is 81.3. The fourth-order valence-corrected chi connectivity index (χ4v) is 10.1. The van der Waals surface area contributed by atoms with E-state index in [0.717, 1.165) is 24.1 Å². The maximum atomic E-state index is 15.4. The summed E-state index contributed by atoms with van der Waals surface area (Å²) in [4.78, 5) is 42.5. The first kappa shape index (κ1) is 38.0. The molecular weight excluding hydrogens is 800 g/mol. The molecule has 4 saturated heterocycles. The molecular formula is C42H41F5N12O2. The number of aryl methyl sites for hydroxylation is 1. The number of hydrogen-bond donors (Lipinski definition) is 1. The van der Waals surface area contributed by atoms with E-state index in [9.17, 15) is 13.2 Å². The van der Waals surface area contributed by atoms with Crippen LogP contribution in [-0.4, -0.2) is 133 Å². The third-order valence-corrected chi connectivity index (χ3v) is 12.7. The molecule has 0 aliphatic carbocycles. The number of benzene rings is 2. The molecule has 0 spiro atoms. The summed E-state index contributed by atoms with van der Waals surface area (Å²) in [5.41, 5.74) is 2.58. The summed E-state index contributed by atoms with van der Waals surface area (Å²) in [6.45, 7) is 4.17. The molecule has 6 aromatic rings. The van der Waals surface area contributed by atoms with Crippen LogP contribution < -0.4 is 15.1 Å². The van der Waals surface area contributed by atoms with Gasteiger partial charge < -0.3 is 29.3 Å². The molecule has 14 nitrogen and oxygen atoms in total. The largest absolute Gasteiger partial charge is 0.374 e. The number of piperazine rings is 1. The van der Waals surface area contributed by atoms with E-state index in [1.54, 1.807) is 4.90 Å². The molecule has 1 amide bonds. The Balaban J connectivity index is 1.04. The van der Waals surface area contributed by atoms with Crippen molar-refractivity contribution in [3.63, 3.8) is 0 Å². The lowest BCUT2D eigenvalue weighted by Crippen LogP contribution is -2.69. The number of nitrogens with zero attached hydrogens (tertiary/aromatic N) is 11. The van der Waals surface area contributed by atoms with Crippen LogP contribution in [0.5, 0.6) is 0 Å². The van der Waals surface area contributed by atoms with E-state index >= 15 is 13.6 Å². The molecule has 5 aliphatic heterocycles. The van der Waals surface area contributed by atoms with E-state index in [1.165, 1.54) is 29.1 Å². The minimum Gasteiger partial charge on any atom is -0.374 e. The smallest absolute Gasteiger partial charge is 0.251 e. The molecule has 0 radical (unpaired) electrons. The van der Waals surface area contributed by atoms with E-state index in [4.69, 9.17) is 24.7 Å². The molecule has 9 heterocycles. The molecule has 19 heteroatoms. The molecule has 8 bridgehead atoms. The van der Waals surface area contributed by atoms with Gasteiger partial charge >= 0.3 is 0 Å². The lowest BCUT2D eigenvalue weighted by Gasteiger charge is -2.56. The van der Waals surface area contributed by atoms with Gasteiger partial charge in [0.25, 0.3) is 6.43 Å². The van der Waals surface area contributed by atoms with Crippen LogP contribution in [-0.2, 0) is 16.1 Å². The molecule has 4 aromatic heterocycles. The van der Waals surface area contributed by atoms with Crippen LogP contribution in [0.15, 0.2) is 54.7 Å². The van der Waals surface area contributed by atoms with Crippen molar-refractivity contribution in [3.8, 4) is 16.9 Å². The number of fused-ring (bicyclic) bond motifs is 10. The van der Waals surface area contributed by atoms with Crippen LogP contribution in [0.25, 0.3) is 39.0 Å². The Morgan fingerprint density at radius 3 is 2.59 bits per heavy atom. The number of carbonyl (C=O) groups excluding carboxylic acids is 1. The number of carbonyl (C=O) groups is 1. The van der Waals surface area contributed by atoms with Crippen molar-refractivity contribution in [2.75, 3.05) is 61.0 Å². The zero-order valence-corrected chi connectivity index (χ0v) is 33.1. The fraction of sp³-hybridized carbons (Fsp3) is 0.429. The number of nitrogens with one attached hydrogen (secondary N) is 1. The summed E-state index contributed by atoms with van der Waals surface area (Å²) in [5.74, 6) is -0.239. The van der Waals surface area contributed by atoms with Crippen LogP contribution in [0.2, 0.25) is 0 Å². The van der Waals surface area contributed by atoms with E-state index in [-0.39, 0.29) is 41.9 Å². The average molecular weight is 841 g/mol. The molecule has 61 heavy (non-hydrogen) atoms. The van der Waals surface area contributed by atoms with Crippen LogP contribution in [0.1, 0.15) is 25.1 Å². The number of ether oxygens (including phenoxy) is 1. The number of hydrogen-bond acceptors (Lipinski definition) is 11. The molecule has 2 unspecified atom stereocenters. The molecule has 2 aromatic carbocycles. The monoisotopic (exact) mass is 840 g/mol. The number of piperidine rings is 1. The zero-order chi connectivity index (χ0) is 41.7. The molecule has 11 rings (SSSR count). The fourth-order valence-electron chi connectivity index (χ4n) is 10.1. The van der Waals surface area contributed by atoms with E-state index in [1.807, 2.05) is 44.4 Å². The van der Waals surface area contributed by atoms with Gasteiger partial charge in [0.15, 0.2) is 11.5 Å². The number of likely N-dealkylation sites (tertiary alicyclic amines) is 1. The Bertz CT molecular complexity index is 2700. The normalized spacial score (nSPS) is 24.2. The van der Waals surface area contributed by atoms with Gasteiger partial charge in [0.05, 0.1) is 47.5 Å². The van der Waals surface area contributed by atoms with E-state index in [0.29, 0.717) is 104 Å². The van der Waals surface area contributed by atoms with Gasteiger partial charge in [-0.3, -0.25) is 9.69 Å². The van der Waals surface area contributed by atoms with Crippen molar-refractivity contribution in [2.45, 2.75) is 69.4 Å². The highest BCUT2D eigenvalue weighted by molar-refractivity contribution is 5.94. The lowest BCUT2D eigenvalue weighted by atomic mass is 9.88. The van der Waals surface area contributed by atoms with Crippen LogP contribution in [0.4, 0.5) is 39.5 Å². The van der Waals surface area contributed by atoms with Gasteiger partial charge in [-0.25, -0.2) is 36.6 Å². The Morgan fingerprint density at radius 1 is 0.918 bits per heavy atom. The molecule has 0 saturated carbocycles. The highest BCUT2D eigenvalue weighted by Gasteiger charge is 2.48. The third kappa shape index (κ3) is 6.59. The average Bonchev–Trinajstić information content (AvgIpc) is 3.86.